The molecule has 0 radical (unpaired) electrons. The number of pyridine rings is 1. The van der Waals surface area contributed by atoms with E-state index in [1.165, 1.54) is 24.2 Å². The Bertz CT molecular complexity index is 1150. The minimum absolute atomic E-state index is 0.109. The number of ether oxygens (including phenoxy) is 3. The van der Waals surface area contributed by atoms with Gasteiger partial charge in [0.2, 0.25) is 5.95 Å². The van der Waals surface area contributed by atoms with Gasteiger partial charge in [0.25, 0.3) is 0 Å². The Balaban J connectivity index is 1.68. The summed E-state index contributed by atoms with van der Waals surface area (Å²) in [4.78, 5) is 4.17. The molecule has 2 N–H and O–H groups in total. The van der Waals surface area contributed by atoms with Gasteiger partial charge in [-0.3, -0.25) is 14.3 Å². The quantitative estimate of drug-likeness (QED) is 0.401. The molecule has 0 amide bonds. The highest BCUT2D eigenvalue weighted by Gasteiger charge is 2.29. The van der Waals surface area contributed by atoms with Crippen molar-refractivity contribution < 1.29 is 18.6 Å². The fraction of sp³-hybridized carbons (Fsp3) is 0.348. The first-order valence-corrected chi connectivity index (χ1v) is 11.7. The summed E-state index contributed by atoms with van der Waals surface area (Å²) in [7, 11) is 6.72. The summed E-state index contributed by atoms with van der Waals surface area (Å²) in [5, 5.41) is 10.6. The Morgan fingerprint density at radius 3 is 2.43 bits per heavy atom. The summed E-state index contributed by atoms with van der Waals surface area (Å²) in [6.07, 6.45) is 4.72. The van der Waals surface area contributed by atoms with E-state index in [4.69, 9.17) is 14.2 Å². The van der Waals surface area contributed by atoms with Gasteiger partial charge in [-0.2, -0.15) is 0 Å². The Kier molecular flexibility index (Phi) is 7.73. The lowest BCUT2D eigenvalue weighted by Gasteiger charge is -2.23. The second-order valence-electron chi connectivity index (χ2n) is 7.77. The number of aromatic nitrogens is 4. The van der Waals surface area contributed by atoms with Crippen LogP contribution in [0.15, 0.2) is 48.8 Å². The number of benzene rings is 1. The molecule has 3 aromatic rings. The highest BCUT2D eigenvalue weighted by molar-refractivity contribution is 8.01. The van der Waals surface area contributed by atoms with Crippen molar-refractivity contribution in [2.75, 3.05) is 33.1 Å². The molecule has 0 saturated heterocycles. The molecule has 0 aliphatic carbocycles. The van der Waals surface area contributed by atoms with Crippen LogP contribution in [0.5, 0.6) is 11.5 Å². The van der Waals surface area contributed by atoms with E-state index >= 15 is 0 Å². The zero-order valence-corrected chi connectivity index (χ0v) is 20.9. The van der Waals surface area contributed by atoms with Crippen molar-refractivity contribution >= 4 is 17.9 Å². The lowest BCUT2D eigenvalue weighted by molar-refractivity contribution is 0.101. The summed E-state index contributed by atoms with van der Waals surface area (Å²) in [6.45, 7) is 1.98. The third-order valence-corrected chi connectivity index (χ3v) is 6.41. The Hall–Kier alpha value is -3.35. The molecule has 3 heterocycles. The molecule has 10 nitrogen and oxygen atoms in total. The summed E-state index contributed by atoms with van der Waals surface area (Å²) in [6, 6.07) is 8.34. The minimum atomic E-state index is -0.395. The fourth-order valence-corrected chi connectivity index (χ4v) is 4.61. The van der Waals surface area contributed by atoms with Gasteiger partial charge in [0.15, 0.2) is 5.82 Å². The standard InChI is InChI=1S/C23H28FN7O3S/c1-14(21(34-5)16-10-9-15(24)13-25-16)35-29-23-27-26-22(17-11-12-30(2)28-17)31(23)20-18(32-3)7-6-8-19(20)33-4/h6-14,17,21,28H,1-5H3,(H,27,29). The molecule has 1 aromatic carbocycles. The highest BCUT2D eigenvalue weighted by atomic mass is 32.2. The largest absolute Gasteiger partial charge is 0.494 e. The van der Waals surface area contributed by atoms with Crippen LogP contribution in [0.1, 0.15) is 30.6 Å². The van der Waals surface area contributed by atoms with Crippen LogP contribution in [0.3, 0.4) is 0 Å². The molecule has 1 aliphatic heterocycles. The maximum absolute atomic E-state index is 13.3. The topological polar surface area (TPSA) is 98.6 Å². The van der Waals surface area contributed by atoms with Gasteiger partial charge in [-0.1, -0.05) is 6.07 Å². The lowest BCUT2D eigenvalue weighted by Crippen LogP contribution is -2.28. The van der Waals surface area contributed by atoms with Gasteiger partial charge in [0.1, 0.15) is 35.1 Å². The minimum Gasteiger partial charge on any atom is -0.494 e. The van der Waals surface area contributed by atoms with Gasteiger partial charge in [-0.05, 0) is 49.2 Å². The molecule has 3 unspecified atom stereocenters. The van der Waals surface area contributed by atoms with Crippen LogP contribution in [0.25, 0.3) is 5.69 Å². The molecule has 0 spiro atoms. The van der Waals surface area contributed by atoms with Gasteiger partial charge in [-0.25, -0.2) is 9.82 Å². The number of para-hydroxylation sites is 1. The number of nitrogens with one attached hydrogen (secondary N) is 2. The van der Waals surface area contributed by atoms with Gasteiger partial charge in [-0.15, -0.1) is 10.2 Å². The third-order valence-electron chi connectivity index (χ3n) is 5.49. The van der Waals surface area contributed by atoms with Crippen molar-refractivity contribution in [1.29, 1.82) is 0 Å². The average molecular weight is 502 g/mol. The van der Waals surface area contributed by atoms with E-state index < -0.39 is 5.82 Å². The number of rotatable bonds is 10. The molecular formula is C23H28FN7O3S. The van der Waals surface area contributed by atoms with E-state index in [-0.39, 0.29) is 17.4 Å². The number of nitrogens with zero attached hydrogens (tertiary/aromatic N) is 5. The van der Waals surface area contributed by atoms with Crippen molar-refractivity contribution in [2.45, 2.75) is 24.3 Å². The Labute approximate surface area is 207 Å². The van der Waals surface area contributed by atoms with Crippen LogP contribution in [0.2, 0.25) is 0 Å². The summed E-state index contributed by atoms with van der Waals surface area (Å²) in [5.41, 5.74) is 4.61. The first-order valence-electron chi connectivity index (χ1n) is 10.9. The average Bonchev–Trinajstić information content (AvgIpc) is 3.49. The zero-order valence-electron chi connectivity index (χ0n) is 20.1. The maximum atomic E-state index is 13.3. The van der Waals surface area contributed by atoms with E-state index in [9.17, 15) is 4.39 Å². The van der Waals surface area contributed by atoms with E-state index in [0.717, 1.165) is 0 Å². The summed E-state index contributed by atoms with van der Waals surface area (Å²) < 4.78 is 35.5. The van der Waals surface area contributed by atoms with Crippen LogP contribution >= 0.6 is 11.9 Å². The number of hydrazine groups is 1. The Morgan fingerprint density at radius 1 is 1.11 bits per heavy atom. The van der Waals surface area contributed by atoms with Crippen molar-refractivity contribution in [3.05, 3.63) is 66.1 Å². The molecule has 35 heavy (non-hydrogen) atoms. The summed E-state index contributed by atoms with van der Waals surface area (Å²) >= 11 is 1.39. The SMILES string of the molecule is COc1cccc(OC)c1-n1c(NSC(C)C(OC)c2ccc(F)cn2)nnc1C1C=CN(C)N1. The van der Waals surface area contributed by atoms with Crippen molar-refractivity contribution in [3.63, 3.8) is 0 Å². The van der Waals surface area contributed by atoms with E-state index in [0.29, 0.717) is 34.7 Å². The number of hydrogen-bond acceptors (Lipinski definition) is 10. The third kappa shape index (κ3) is 5.19. The predicted octanol–water partition coefficient (Wildman–Crippen LogP) is 3.66. The van der Waals surface area contributed by atoms with E-state index in [2.05, 4.69) is 25.3 Å². The van der Waals surface area contributed by atoms with E-state index in [1.807, 2.05) is 54.0 Å². The molecule has 0 fully saturated rings. The first-order chi connectivity index (χ1) is 17.0. The van der Waals surface area contributed by atoms with Gasteiger partial charge >= 0.3 is 0 Å². The van der Waals surface area contributed by atoms with E-state index in [1.54, 1.807) is 27.4 Å². The summed E-state index contributed by atoms with van der Waals surface area (Å²) in [5.74, 6) is 1.94. The number of methoxy groups -OCH3 is 3. The van der Waals surface area contributed by atoms with Crippen LogP contribution in [-0.4, -0.2) is 58.4 Å². The van der Waals surface area contributed by atoms with Gasteiger partial charge in [0, 0.05) is 20.4 Å². The highest BCUT2D eigenvalue weighted by Crippen LogP contribution is 2.38. The van der Waals surface area contributed by atoms with Crippen molar-refractivity contribution in [2.24, 2.45) is 0 Å². The molecule has 4 rings (SSSR count). The Morgan fingerprint density at radius 2 is 1.86 bits per heavy atom. The number of anilines is 1. The number of halogens is 1. The predicted molar refractivity (Wildman–Crippen MR) is 132 cm³/mol. The van der Waals surface area contributed by atoms with Gasteiger partial charge in [0.05, 0.1) is 31.4 Å². The molecule has 1 aliphatic rings. The van der Waals surface area contributed by atoms with Gasteiger partial charge < -0.3 is 19.2 Å². The lowest BCUT2D eigenvalue weighted by atomic mass is 10.2. The molecule has 2 aromatic heterocycles. The second-order valence-corrected chi connectivity index (χ2v) is 8.95. The maximum Gasteiger partial charge on any atom is 0.239 e. The number of hydrogen-bond donors (Lipinski definition) is 2. The molecular weight excluding hydrogens is 473 g/mol. The molecule has 186 valence electrons. The first kappa shape index (κ1) is 24.8. The van der Waals surface area contributed by atoms with Crippen LogP contribution in [0, 0.1) is 5.82 Å². The van der Waals surface area contributed by atoms with Crippen molar-refractivity contribution in [1.82, 2.24) is 30.2 Å². The second kappa shape index (κ2) is 10.9. The fourth-order valence-electron chi connectivity index (χ4n) is 3.82. The molecule has 0 saturated carbocycles. The molecule has 3 atom stereocenters. The zero-order chi connectivity index (χ0) is 24.9. The smallest absolute Gasteiger partial charge is 0.239 e. The normalized spacial score (nSPS) is 16.9. The monoisotopic (exact) mass is 501 g/mol. The molecule has 12 heteroatoms. The van der Waals surface area contributed by atoms with Crippen LogP contribution in [-0.2, 0) is 4.74 Å². The molecule has 0 bridgehead atoms. The van der Waals surface area contributed by atoms with Crippen LogP contribution < -0.4 is 19.6 Å². The van der Waals surface area contributed by atoms with Crippen molar-refractivity contribution in [3.8, 4) is 17.2 Å². The van der Waals surface area contributed by atoms with Crippen LogP contribution in [0.4, 0.5) is 10.3 Å².